The van der Waals surface area contributed by atoms with Crippen molar-refractivity contribution in [2.75, 3.05) is 0 Å². The van der Waals surface area contributed by atoms with Gasteiger partial charge in [0.2, 0.25) is 0 Å². The van der Waals surface area contributed by atoms with Crippen LogP contribution in [0.4, 0.5) is 0 Å². The standard InChI is InChI=1S/C11H21N/c1-11(6-2-3-7-11)8-9-4-5-10(9)12/h9-10H,2-8,12H2,1H3. The Hall–Kier alpha value is -0.0400. The minimum absolute atomic E-state index is 0.544. The summed E-state index contributed by atoms with van der Waals surface area (Å²) in [5.74, 6) is 0.869. The first-order valence-electron chi connectivity index (χ1n) is 5.45. The van der Waals surface area contributed by atoms with Crippen LogP contribution in [0.15, 0.2) is 0 Å². The molecule has 1 nitrogen and oxygen atoms in total. The SMILES string of the molecule is CC1(CC2CCC2N)CCCC1. The lowest BCUT2D eigenvalue weighted by Gasteiger charge is -2.39. The Morgan fingerprint density at radius 3 is 2.33 bits per heavy atom. The van der Waals surface area contributed by atoms with E-state index < -0.39 is 0 Å². The fourth-order valence-electron chi connectivity index (χ4n) is 2.91. The zero-order valence-electron chi connectivity index (χ0n) is 8.18. The zero-order chi connectivity index (χ0) is 8.60. The summed E-state index contributed by atoms with van der Waals surface area (Å²) in [5.41, 5.74) is 6.63. The molecule has 0 amide bonds. The van der Waals surface area contributed by atoms with Gasteiger partial charge in [-0.15, -0.1) is 0 Å². The molecule has 2 unspecified atom stereocenters. The average molecular weight is 167 g/mol. The lowest BCUT2D eigenvalue weighted by atomic mass is 9.69. The minimum Gasteiger partial charge on any atom is -0.327 e. The second-order valence-corrected chi connectivity index (χ2v) is 5.22. The van der Waals surface area contributed by atoms with Crippen LogP contribution in [0.2, 0.25) is 0 Å². The summed E-state index contributed by atoms with van der Waals surface area (Å²) < 4.78 is 0. The predicted octanol–water partition coefficient (Wildman–Crippen LogP) is 2.69. The molecule has 0 heterocycles. The largest absolute Gasteiger partial charge is 0.327 e. The maximum atomic E-state index is 5.96. The van der Waals surface area contributed by atoms with Gasteiger partial charge in [0.25, 0.3) is 0 Å². The molecule has 2 aliphatic rings. The quantitative estimate of drug-likeness (QED) is 0.672. The Kier molecular flexibility index (Phi) is 2.16. The van der Waals surface area contributed by atoms with Crippen molar-refractivity contribution in [3.05, 3.63) is 0 Å². The molecule has 0 aromatic carbocycles. The molecule has 2 rings (SSSR count). The van der Waals surface area contributed by atoms with E-state index in [1.807, 2.05) is 0 Å². The van der Waals surface area contributed by atoms with E-state index in [0.717, 1.165) is 5.92 Å². The second-order valence-electron chi connectivity index (χ2n) is 5.22. The topological polar surface area (TPSA) is 26.0 Å². The van der Waals surface area contributed by atoms with Crippen LogP contribution in [-0.4, -0.2) is 6.04 Å². The molecule has 0 saturated heterocycles. The normalized spacial score (nSPS) is 39.5. The third-order valence-corrected chi connectivity index (χ3v) is 4.04. The third kappa shape index (κ3) is 1.52. The number of nitrogens with two attached hydrogens (primary N) is 1. The summed E-state index contributed by atoms with van der Waals surface area (Å²) in [6, 6.07) is 0.544. The van der Waals surface area contributed by atoms with E-state index in [1.54, 1.807) is 0 Å². The molecule has 2 atom stereocenters. The number of rotatable bonds is 2. The molecule has 0 aromatic heterocycles. The van der Waals surface area contributed by atoms with Crippen LogP contribution < -0.4 is 5.73 Å². The van der Waals surface area contributed by atoms with Gasteiger partial charge < -0.3 is 5.73 Å². The van der Waals surface area contributed by atoms with Gasteiger partial charge in [-0.25, -0.2) is 0 Å². The minimum atomic E-state index is 0.544. The van der Waals surface area contributed by atoms with E-state index in [9.17, 15) is 0 Å². The highest BCUT2D eigenvalue weighted by Crippen LogP contribution is 2.46. The molecular weight excluding hydrogens is 146 g/mol. The van der Waals surface area contributed by atoms with Crippen LogP contribution in [0.1, 0.15) is 51.9 Å². The van der Waals surface area contributed by atoms with Crippen molar-refractivity contribution in [3.63, 3.8) is 0 Å². The first-order valence-corrected chi connectivity index (χ1v) is 5.45. The van der Waals surface area contributed by atoms with Gasteiger partial charge in [-0.1, -0.05) is 19.8 Å². The van der Waals surface area contributed by atoms with E-state index >= 15 is 0 Å². The van der Waals surface area contributed by atoms with E-state index in [-0.39, 0.29) is 0 Å². The monoisotopic (exact) mass is 167 g/mol. The van der Waals surface area contributed by atoms with Crippen molar-refractivity contribution in [1.82, 2.24) is 0 Å². The Labute approximate surface area is 75.7 Å². The molecule has 70 valence electrons. The molecule has 2 saturated carbocycles. The molecule has 12 heavy (non-hydrogen) atoms. The van der Waals surface area contributed by atoms with Gasteiger partial charge in [-0.2, -0.15) is 0 Å². The van der Waals surface area contributed by atoms with Crippen molar-refractivity contribution >= 4 is 0 Å². The summed E-state index contributed by atoms with van der Waals surface area (Å²) >= 11 is 0. The molecule has 1 heteroatoms. The Morgan fingerprint density at radius 1 is 1.25 bits per heavy atom. The molecule has 0 spiro atoms. The molecule has 0 aliphatic heterocycles. The van der Waals surface area contributed by atoms with Crippen LogP contribution in [0, 0.1) is 11.3 Å². The van der Waals surface area contributed by atoms with Crippen LogP contribution in [0.3, 0.4) is 0 Å². The third-order valence-electron chi connectivity index (χ3n) is 4.04. The number of hydrogen-bond acceptors (Lipinski definition) is 1. The number of hydrogen-bond donors (Lipinski definition) is 1. The Balaban J connectivity index is 1.84. The van der Waals surface area contributed by atoms with Crippen molar-refractivity contribution in [1.29, 1.82) is 0 Å². The zero-order valence-corrected chi connectivity index (χ0v) is 8.18. The van der Waals surface area contributed by atoms with Gasteiger partial charge in [0.05, 0.1) is 0 Å². The average Bonchev–Trinajstić information content (AvgIpc) is 2.46. The highest BCUT2D eigenvalue weighted by Gasteiger charge is 2.36. The highest BCUT2D eigenvalue weighted by molar-refractivity contribution is 4.91. The van der Waals surface area contributed by atoms with Gasteiger partial charge in [0, 0.05) is 6.04 Å². The van der Waals surface area contributed by atoms with Crippen LogP contribution in [-0.2, 0) is 0 Å². The Bertz CT molecular complexity index is 158. The van der Waals surface area contributed by atoms with Gasteiger partial charge in [0.1, 0.15) is 0 Å². The lowest BCUT2D eigenvalue weighted by Crippen LogP contribution is -2.41. The maximum Gasteiger partial charge on any atom is 0.00674 e. The Morgan fingerprint density at radius 2 is 1.92 bits per heavy atom. The second kappa shape index (κ2) is 3.02. The van der Waals surface area contributed by atoms with Crippen LogP contribution >= 0.6 is 0 Å². The van der Waals surface area contributed by atoms with Crippen LogP contribution in [0.25, 0.3) is 0 Å². The van der Waals surface area contributed by atoms with Crippen molar-refractivity contribution in [2.45, 2.75) is 57.9 Å². The van der Waals surface area contributed by atoms with Crippen molar-refractivity contribution in [2.24, 2.45) is 17.1 Å². The first-order chi connectivity index (χ1) is 5.70. The smallest absolute Gasteiger partial charge is 0.00674 e. The molecule has 0 aromatic rings. The van der Waals surface area contributed by atoms with Gasteiger partial charge in [-0.3, -0.25) is 0 Å². The van der Waals surface area contributed by atoms with E-state index in [0.29, 0.717) is 11.5 Å². The lowest BCUT2D eigenvalue weighted by molar-refractivity contribution is 0.153. The van der Waals surface area contributed by atoms with Gasteiger partial charge >= 0.3 is 0 Å². The highest BCUT2D eigenvalue weighted by atomic mass is 14.7. The molecular formula is C11H21N. The van der Waals surface area contributed by atoms with E-state index in [1.165, 1.54) is 44.9 Å². The summed E-state index contributed by atoms with van der Waals surface area (Å²) in [6.45, 7) is 2.46. The molecule has 2 aliphatic carbocycles. The molecule has 0 bridgehead atoms. The van der Waals surface area contributed by atoms with Crippen molar-refractivity contribution in [3.8, 4) is 0 Å². The summed E-state index contributed by atoms with van der Waals surface area (Å²) in [5, 5.41) is 0. The molecule has 2 N–H and O–H groups in total. The van der Waals surface area contributed by atoms with Gasteiger partial charge in [-0.05, 0) is 43.4 Å². The van der Waals surface area contributed by atoms with Crippen LogP contribution in [0.5, 0.6) is 0 Å². The first kappa shape index (κ1) is 8.55. The molecule has 0 radical (unpaired) electrons. The fraction of sp³-hybridized carbons (Fsp3) is 1.00. The fourth-order valence-corrected chi connectivity index (χ4v) is 2.91. The summed E-state index contributed by atoms with van der Waals surface area (Å²) in [4.78, 5) is 0. The summed E-state index contributed by atoms with van der Waals surface area (Å²) in [7, 11) is 0. The molecule has 2 fully saturated rings. The maximum absolute atomic E-state index is 5.96. The van der Waals surface area contributed by atoms with E-state index in [2.05, 4.69) is 6.92 Å². The van der Waals surface area contributed by atoms with E-state index in [4.69, 9.17) is 5.73 Å². The summed E-state index contributed by atoms with van der Waals surface area (Å²) in [6.07, 6.45) is 9.91. The van der Waals surface area contributed by atoms with Gasteiger partial charge in [0.15, 0.2) is 0 Å². The van der Waals surface area contributed by atoms with Crippen molar-refractivity contribution < 1.29 is 0 Å². The predicted molar refractivity (Wildman–Crippen MR) is 51.9 cm³/mol.